The molecule has 0 fully saturated rings. The van der Waals surface area contributed by atoms with E-state index in [0.29, 0.717) is 18.8 Å². The van der Waals surface area contributed by atoms with Gasteiger partial charge in [-0.05, 0) is 30.7 Å². The quantitative estimate of drug-likeness (QED) is 0.601. The number of hydrogen-bond acceptors (Lipinski definition) is 7. The maximum absolute atomic E-state index is 10.5. The number of nitrogens with zero attached hydrogens (tertiary/aromatic N) is 2. The summed E-state index contributed by atoms with van der Waals surface area (Å²) in [5.74, 6) is -0.661. The van der Waals surface area contributed by atoms with Crippen molar-refractivity contribution in [1.29, 1.82) is 0 Å². The van der Waals surface area contributed by atoms with Crippen LogP contribution >= 0.6 is 0 Å². The van der Waals surface area contributed by atoms with E-state index in [1.165, 1.54) is 12.1 Å². The summed E-state index contributed by atoms with van der Waals surface area (Å²) in [7, 11) is -4.21. The van der Waals surface area contributed by atoms with Gasteiger partial charge in [0.25, 0.3) is 0 Å². The van der Waals surface area contributed by atoms with Gasteiger partial charge in [-0.25, -0.2) is 8.42 Å². The van der Waals surface area contributed by atoms with E-state index < -0.39 is 15.9 Å². The zero-order chi connectivity index (χ0) is 14.5. The van der Waals surface area contributed by atoms with Gasteiger partial charge in [-0.2, -0.15) is 0 Å². The Morgan fingerprint density at radius 2 is 2.11 bits per heavy atom. The van der Waals surface area contributed by atoms with Crippen LogP contribution in [-0.2, 0) is 10.1 Å². The lowest BCUT2D eigenvalue weighted by atomic mass is 10.2. The van der Waals surface area contributed by atoms with Gasteiger partial charge in [0, 0.05) is 30.6 Å². The molecular weight excluding hydrogens is 272 g/mol. The van der Waals surface area contributed by atoms with Crippen LogP contribution in [-0.4, -0.2) is 36.9 Å². The van der Waals surface area contributed by atoms with Gasteiger partial charge in [-0.1, -0.05) is 0 Å². The lowest BCUT2D eigenvalue weighted by molar-refractivity contribution is 0.461. The number of aromatic hydroxyl groups is 1. The highest BCUT2D eigenvalue weighted by Crippen LogP contribution is 2.30. The van der Waals surface area contributed by atoms with Crippen LogP contribution in [0.1, 0.15) is 13.3 Å². The number of phenols is 1. The maximum atomic E-state index is 10.5. The molecule has 0 spiro atoms. The molecule has 1 rings (SSSR count). The summed E-state index contributed by atoms with van der Waals surface area (Å²) >= 11 is 0. The van der Waals surface area contributed by atoms with Crippen molar-refractivity contribution in [2.45, 2.75) is 13.3 Å². The smallest absolute Gasteiger partial charge is 0.149 e. The lowest BCUT2D eigenvalue weighted by Crippen LogP contribution is -2.25. The molecule has 106 valence electrons. The van der Waals surface area contributed by atoms with E-state index in [1.807, 2.05) is 6.92 Å². The first-order valence-electron chi connectivity index (χ1n) is 5.72. The molecule has 0 aromatic heterocycles. The molecule has 0 radical (unpaired) electrons. The van der Waals surface area contributed by atoms with Crippen LogP contribution in [0.15, 0.2) is 23.4 Å². The average Bonchev–Trinajstić information content (AvgIpc) is 2.33. The van der Waals surface area contributed by atoms with Crippen molar-refractivity contribution < 1.29 is 18.1 Å². The Kier molecular flexibility index (Phi) is 5.25. The molecule has 19 heavy (non-hydrogen) atoms. The predicted molar refractivity (Wildman–Crippen MR) is 70.6 cm³/mol. The molecule has 0 heterocycles. The molecular formula is C11H15N2O5S-. The normalized spacial score (nSPS) is 11.3. The van der Waals surface area contributed by atoms with Crippen LogP contribution in [0.2, 0.25) is 0 Å². The first-order valence-corrected chi connectivity index (χ1v) is 7.30. The van der Waals surface area contributed by atoms with Gasteiger partial charge in [0.2, 0.25) is 0 Å². The molecule has 0 amide bonds. The summed E-state index contributed by atoms with van der Waals surface area (Å²) in [6.45, 7) is 2.80. The molecule has 7 nitrogen and oxygen atoms in total. The van der Waals surface area contributed by atoms with Crippen molar-refractivity contribution in [3.05, 3.63) is 23.1 Å². The summed E-state index contributed by atoms with van der Waals surface area (Å²) in [5.41, 5.74) is 0.581. The van der Waals surface area contributed by atoms with Crippen LogP contribution in [0, 0.1) is 4.91 Å². The summed E-state index contributed by atoms with van der Waals surface area (Å²) in [6.07, 6.45) is 0.202. The van der Waals surface area contributed by atoms with Crippen LogP contribution in [0.3, 0.4) is 0 Å². The third-order valence-electron chi connectivity index (χ3n) is 2.63. The predicted octanol–water partition coefficient (Wildman–Crippen LogP) is 1.55. The van der Waals surface area contributed by atoms with E-state index in [-0.39, 0.29) is 17.9 Å². The van der Waals surface area contributed by atoms with Crippen LogP contribution < -0.4 is 4.90 Å². The molecule has 1 N–H and O–H groups in total. The minimum atomic E-state index is -4.21. The van der Waals surface area contributed by atoms with E-state index in [2.05, 4.69) is 5.18 Å². The molecule has 0 saturated carbocycles. The molecule has 0 aliphatic carbocycles. The molecule has 8 heteroatoms. The van der Waals surface area contributed by atoms with E-state index in [4.69, 9.17) is 0 Å². The van der Waals surface area contributed by atoms with Gasteiger partial charge in [0.05, 0.1) is 10.1 Å². The summed E-state index contributed by atoms with van der Waals surface area (Å²) < 4.78 is 31.5. The molecule has 1 aromatic carbocycles. The van der Waals surface area contributed by atoms with Crippen molar-refractivity contribution in [3.63, 3.8) is 0 Å². The first kappa shape index (κ1) is 15.4. The number of rotatable bonds is 7. The van der Waals surface area contributed by atoms with Crippen LogP contribution in [0.5, 0.6) is 5.75 Å². The monoisotopic (exact) mass is 287 g/mol. The molecule has 0 bridgehead atoms. The highest BCUT2D eigenvalue weighted by molar-refractivity contribution is 7.85. The van der Waals surface area contributed by atoms with E-state index in [9.17, 15) is 23.0 Å². The fourth-order valence-electron chi connectivity index (χ4n) is 1.69. The third kappa shape index (κ3) is 4.84. The van der Waals surface area contributed by atoms with Gasteiger partial charge in [0.15, 0.2) is 0 Å². The number of phenolic OH excluding ortho intramolecular Hbond substituents is 1. The highest BCUT2D eigenvalue weighted by atomic mass is 32.2. The Morgan fingerprint density at radius 1 is 1.42 bits per heavy atom. The summed E-state index contributed by atoms with van der Waals surface area (Å²) in [6, 6.07) is 4.36. The molecule has 0 atom stereocenters. The Morgan fingerprint density at radius 3 is 2.58 bits per heavy atom. The van der Waals surface area contributed by atoms with Gasteiger partial charge in [-0.15, -0.1) is 4.91 Å². The Balaban J connectivity index is 2.74. The minimum absolute atomic E-state index is 0.0538. The van der Waals surface area contributed by atoms with Gasteiger partial charge in [0.1, 0.15) is 11.4 Å². The Labute approximate surface area is 111 Å². The fourth-order valence-corrected chi connectivity index (χ4v) is 2.17. The van der Waals surface area contributed by atoms with Crippen molar-refractivity contribution in [3.8, 4) is 5.75 Å². The van der Waals surface area contributed by atoms with Crippen LogP contribution in [0.25, 0.3) is 0 Å². The highest BCUT2D eigenvalue weighted by Gasteiger charge is 2.09. The zero-order valence-electron chi connectivity index (χ0n) is 10.4. The first-order chi connectivity index (χ1) is 8.87. The average molecular weight is 287 g/mol. The maximum Gasteiger partial charge on any atom is 0.149 e. The van der Waals surface area contributed by atoms with E-state index in [0.717, 1.165) is 0 Å². The minimum Gasteiger partial charge on any atom is -0.748 e. The largest absolute Gasteiger partial charge is 0.748 e. The Bertz CT molecular complexity index is 544. The second-order valence-electron chi connectivity index (χ2n) is 3.96. The summed E-state index contributed by atoms with van der Waals surface area (Å²) in [5, 5.41) is 12.2. The van der Waals surface area contributed by atoms with Crippen LogP contribution in [0.4, 0.5) is 11.4 Å². The standard InChI is InChI=1S/C11H16N2O5S/c1-2-13(6-3-7-19(16,17)18)9-4-5-10(12-15)11(14)8-9/h4-5,8,14H,2-3,6-7H2,1H3,(H,16,17,18)/p-1. The fraction of sp³-hybridized carbons (Fsp3) is 0.455. The molecule has 0 aliphatic heterocycles. The number of benzene rings is 1. The van der Waals surface area contributed by atoms with Crippen molar-refractivity contribution in [1.82, 2.24) is 0 Å². The van der Waals surface area contributed by atoms with Crippen molar-refractivity contribution >= 4 is 21.5 Å². The van der Waals surface area contributed by atoms with Gasteiger partial charge < -0.3 is 14.6 Å². The van der Waals surface area contributed by atoms with E-state index in [1.54, 1.807) is 11.0 Å². The topological polar surface area (TPSA) is 110 Å². The number of nitroso groups, excluding NO2 is 1. The van der Waals surface area contributed by atoms with Gasteiger partial charge in [-0.3, -0.25) is 0 Å². The van der Waals surface area contributed by atoms with Crippen molar-refractivity contribution in [2.75, 3.05) is 23.7 Å². The van der Waals surface area contributed by atoms with E-state index >= 15 is 0 Å². The molecule has 0 aliphatic rings. The molecule has 0 saturated heterocycles. The number of hydrogen-bond donors (Lipinski definition) is 1. The molecule has 1 aromatic rings. The lowest BCUT2D eigenvalue weighted by Gasteiger charge is -2.23. The molecule has 0 unspecified atom stereocenters. The van der Waals surface area contributed by atoms with Gasteiger partial charge >= 0.3 is 0 Å². The second-order valence-corrected chi connectivity index (χ2v) is 5.48. The SMILES string of the molecule is CCN(CCCS(=O)(=O)[O-])c1ccc(N=O)c(O)c1. The third-order valence-corrected chi connectivity index (χ3v) is 3.42. The Hall–Kier alpha value is -1.67. The van der Waals surface area contributed by atoms with Crippen molar-refractivity contribution in [2.24, 2.45) is 5.18 Å². The summed E-state index contributed by atoms with van der Waals surface area (Å²) in [4.78, 5) is 12.1. The second kappa shape index (κ2) is 6.48. The zero-order valence-corrected chi connectivity index (χ0v) is 11.3. The number of anilines is 1.